The number of hydrogen-bond acceptors (Lipinski definition) is 5. The average molecular weight is 317 g/mol. The third-order valence-corrected chi connectivity index (χ3v) is 6.27. The van der Waals surface area contributed by atoms with E-state index in [4.69, 9.17) is 0 Å². The average Bonchev–Trinajstić information content (AvgIpc) is 2.45. The van der Waals surface area contributed by atoms with Gasteiger partial charge in [0.15, 0.2) is 9.84 Å². The van der Waals surface area contributed by atoms with E-state index < -0.39 is 27.0 Å². The number of nitrogens with zero attached hydrogens (tertiary/aromatic N) is 2. The molecule has 2 fully saturated rings. The Labute approximate surface area is 125 Å². The minimum atomic E-state index is -3.38. The Hall–Kier alpha value is -1.15. The lowest BCUT2D eigenvalue weighted by Crippen LogP contribution is -2.62. The van der Waals surface area contributed by atoms with Crippen LogP contribution < -0.4 is 5.32 Å². The molecule has 21 heavy (non-hydrogen) atoms. The molecule has 0 aliphatic carbocycles. The Balaban J connectivity index is 2.20. The Morgan fingerprint density at radius 1 is 1.24 bits per heavy atom. The summed E-state index contributed by atoms with van der Waals surface area (Å²) in [5.41, 5.74) is 0. The number of sulfone groups is 1. The maximum absolute atomic E-state index is 12.7. The smallest absolute Gasteiger partial charge is 0.246 e. The first-order chi connectivity index (χ1) is 9.84. The number of amides is 2. The van der Waals surface area contributed by atoms with Gasteiger partial charge in [0.1, 0.15) is 11.3 Å². The van der Waals surface area contributed by atoms with Crippen LogP contribution in [-0.4, -0.2) is 80.8 Å². The molecule has 0 radical (unpaired) electrons. The largest absolute Gasteiger partial charge is 0.347 e. The first kappa shape index (κ1) is 16.2. The van der Waals surface area contributed by atoms with Crippen molar-refractivity contribution in [2.45, 2.75) is 30.6 Å². The van der Waals surface area contributed by atoms with Crippen LogP contribution >= 0.6 is 0 Å². The Morgan fingerprint density at radius 3 is 2.57 bits per heavy atom. The summed E-state index contributed by atoms with van der Waals surface area (Å²) in [7, 11) is -0.106. The van der Waals surface area contributed by atoms with Crippen LogP contribution in [0.2, 0.25) is 0 Å². The quantitative estimate of drug-likeness (QED) is 0.694. The number of carbonyl (C=O) groups is 2. The summed E-state index contributed by atoms with van der Waals surface area (Å²) in [5, 5.41) is 2.12. The number of carbonyl (C=O) groups excluding carboxylic acids is 2. The van der Waals surface area contributed by atoms with Gasteiger partial charge in [-0.05, 0) is 12.8 Å². The van der Waals surface area contributed by atoms with E-state index in [2.05, 4.69) is 5.32 Å². The summed E-state index contributed by atoms with van der Waals surface area (Å²) in [6.07, 6.45) is 1.73. The molecular formula is C13H23N3O4S. The topological polar surface area (TPSA) is 86.8 Å². The summed E-state index contributed by atoms with van der Waals surface area (Å²) >= 11 is 0. The molecule has 2 saturated heterocycles. The van der Waals surface area contributed by atoms with Gasteiger partial charge in [-0.25, -0.2) is 8.42 Å². The standard InChI is InChI=1S/C13H23N3O4S/c1-15(2)12(17)10-9-14-6-7-16(10)13(18)11-5-3-4-8-21(11,19)20/h10-11,14H,3-9H2,1-2H3. The highest BCUT2D eigenvalue weighted by Crippen LogP contribution is 2.23. The van der Waals surface area contributed by atoms with Crippen molar-refractivity contribution in [2.75, 3.05) is 39.5 Å². The molecule has 0 spiro atoms. The zero-order valence-corrected chi connectivity index (χ0v) is 13.4. The Bertz CT molecular complexity index is 518. The van der Waals surface area contributed by atoms with E-state index in [0.29, 0.717) is 32.5 Å². The van der Waals surface area contributed by atoms with E-state index in [1.807, 2.05) is 0 Å². The molecule has 2 heterocycles. The minimum Gasteiger partial charge on any atom is -0.347 e. The van der Waals surface area contributed by atoms with Gasteiger partial charge in [0.05, 0.1) is 5.75 Å². The molecular weight excluding hydrogens is 294 g/mol. The molecule has 0 bridgehead atoms. The number of hydrogen-bond donors (Lipinski definition) is 1. The highest BCUT2D eigenvalue weighted by Gasteiger charge is 2.42. The van der Waals surface area contributed by atoms with Gasteiger partial charge in [0.2, 0.25) is 11.8 Å². The van der Waals surface area contributed by atoms with E-state index in [1.165, 1.54) is 9.80 Å². The molecule has 0 aromatic rings. The monoisotopic (exact) mass is 317 g/mol. The maximum atomic E-state index is 12.7. The van der Waals surface area contributed by atoms with Crippen LogP contribution in [0.3, 0.4) is 0 Å². The van der Waals surface area contributed by atoms with Crippen molar-refractivity contribution in [1.82, 2.24) is 15.1 Å². The second-order valence-electron chi connectivity index (χ2n) is 5.84. The molecule has 1 N–H and O–H groups in total. The van der Waals surface area contributed by atoms with Crippen LogP contribution in [0.4, 0.5) is 0 Å². The fourth-order valence-electron chi connectivity index (χ4n) is 2.90. The van der Waals surface area contributed by atoms with E-state index in [1.54, 1.807) is 14.1 Å². The van der Waals surface area contributed by atoms with E-state index in [-0.39, 0.29) is 11.7 Å². The third-order valence-electron chi connectivity index (χ3n) is 4.11. The maximum Gasteiger partial charge on any atom is 0.246 e. The lowest BCUT2D eigenvalue weighted by atomic mass is 10.1. The molecule has 2 amide bonds. The summed E-state index contributed by atoms with van der Waals surface area (Å²) < 4.78 is 24.2. The van der Waals surface area contributed by atoms with Gasteiger partial charge in [-0.15, -0.1) is 0 Å². The molecule has 0 saturated carbocycles. The summed E-state index contributed by atoms with van der Waals surface area (Å²) in [6.45, 7) is 1.32. The van der Waals surface area contributed by atoms with E-state index >= 15 is 0 Å². The summed E-state index contributed by atoms with van der Waals surface area (Å²) in [5.74, 6) is -0.512. The number of likely N-dealkylation sites (N-methyl/N-ethyl adjacent to an activating group) is 1. The minimum absolute atomic E-state index is 0.0712. The predicted octanol–water partition coefficient (Wildman–Crippen LogP) is -1.16. The highest BCUT2D eigenvalue weighted by atomic mass is 32.2. The molecule has 2 unspecified atom stereocenters. The molecule has 2 atom stereocenters. The second kappa shape index (κ2) is 6.31. The molecule has 0 aromatic heterocycles. The first-order valence-corrected chi connectivity index (χ1v) is 9.00. The van der Waals surface area contributed by atoms with Gasteiger partial charge >= 0.3 is 0 Å². The van der Waals surface area contributed by atoms with Gasteiger partial charge < -0.3 is 15.1 Å². The SMILES string of the molecule is CN(C)C(=O)C1CNCCN1C(=O)C1CCCCS1(=O)=O. The lowest BCUT2D eigenvalue weighted by Gasteiger charge is -2.38. The van der Waals surface area contributed by atoms with Crippen LogP contribution in [-0.2, 0) is 19.4 Å². The third kappa shape index (κ3) is 3.37. The lowest BCUT2D eigenvalue weighted by molar-refractivity contribution is -0.145. The van der Waals surface area contributed by atoms with Crippen molar-refractivity contribution in [1.29, 1.82) is 0 Å². The van der Waals surface area contributed by atoms with Gasteiger partial charge in [-0.1, -0.05) is 6.42 Å². The zero-order valence-electron chi connectivity index (χ0n) is 12.5. The molecule has 7 nitrogen and oxygen atoms in total. The van der Waals surface area contributed by atoms with Crippen molar-refractivity contribution in [2.24, 2.45) is 0 Å². The first-order valence-electron chi connectivity index (χ1n) is 7.28. The van der Waals surface area contributed by atoms with Crippen molar-refractivity contribution < 1.29 is 18.0 Å². The second-order valence-corrected chi connectivity index (χ2v) is 8.14. The van der Waals surface area contributed by atoms with Crippen LogP contribution in [0.15, 0.2) is 0 Å². The van der Waals surface area contributed by atoms with E-state index in [0.717, 1.165) is 6.42 Å². The van der Waals surface area contributed by atoms with Gasteiger partial charge in [-0.3, -0.25) is 9.59 Å². The Morgan fingerprint density at radius 2 is 1.95 bits per heavy atom. The molecule has 0 aromatic carbocycles. The van der Waals surface area contributed by atoms with Crippen LogP contribution in [0.25, 0.3) is 0 Å². The van der Waals surface area contributed by atoms with Crippen LogP contribution in [0.5, 0.6) is 0 Å². The zero-order chi connectivity index (χ0) is 15.6. The van der Waals surface area contributed by atoms with Gasteiger partial charge in [0, 0.05) is 33.7 Å². The fourth-order valence-corrected chi connectivity index (χ4v) is 4.76. The summed E-state index contributed by atoms with van der Waals surface area (Å²) in [4.78, 5) is 27.7. The van der Waals surface area contributed by atoms with Crippen LogP contribution in [0.1, 0.15) is 19.3 Å². The summed E-state index contributed by atoms with van der Waals surface area (Å²) in [6, 6.07) is -0.613. The number of nitrogens with one attached hydrogen (secondary N) is 1. The fraction of sp³-hybridized carbons (Fsp3) is 0.846. The molecule has 2 aliphatic rings. The van der Waals surface area contributed by atoms with Crippen molar-refractivity contribution in [3.8, 4) is 0 Å². The Kier molecular flexibility index (Phi) is 4.88. The molecule has 2 rings (SSSR count). The number of piperazine rings is 1. The van der Waals surface area contributed by atoms with Crippen molar-refractivity contribution in [3.63, 3.8) is 0 Å². The van der Waals surface area contributed by atoms with Crippen molar-refractivity contribution in [3.05, 3.63) is 0 Å². The highest BCUT2D eigenvalue weighted by molar-refractivity contribution is 7.92. The normalized spacial score (nSPS) is 29.0. The molecule has 8 heteroatoms. The van der Waals surface area contributed by atoms with E-state index in [9.17, 15) is 18.0 Å². The predicted molar refractivity (Wildman–Crippen MR) is 78.5 cm³/mol. The molecule has 120 valence electrons. The van der Waals surface area contributed by atoms with Crippen LogP contribution in [0, 0.1) is 0 Å². The van der Waals surface area contributed by atoms with Gasteiger partial charge in [-0.2, -0.15) is 0 Å². The van der Waals surface area contributed by atoms with Crippen molar-refractivity contribution >= 4 is 21.7 Å². The molecule has 2 aliphatic heterocycles. The van der Waals surface area contributed by atoms with Gasteiger partial charge in [0.25, 0.3) is 0 Å². The number of rotatable bonds is 2.